The minimum absolute atomic E-state index is 0.390. The number of hydrogen-bond donors (Lipinski definition) is 1. The molecule has 0 radical (unpaired) electrons. The lowest BCUT2D eigenvalue weighted by Crippen LogP contribution is -2.46. The van der Waals surface area contributed by atoms with Crippen LogP contribution >= 0.6 is 0 Å². The molecule has 1 aromatic heterocycles. The van der Waals surface area contributed by atoms with Crippen LogP contribution in [-0.2, 0) is 6.54 Å². The van der Waals surface area contributed by atoms with Crippen molar-refractivity contribution < 1.29 is 5.11 Å². The monoisotopic (exact) mass is 413 g/mol. The molecule has 5 rings (SSSR count). The molecule has 1 aliphatic heterocycles. The lowest BCUT2D eigenvalue weighted by Gasteiger charge is -2.36. The highest BCUT2D eigenvalue weighted by Gasteiger charge is 2.18. The Morgan fingerprint density at radius 1 is 0.613 bits per heavy atom. The van der Waals surface area contributed by atoms with E-state index in [-0.39, 0.29) is 0 Å². The van der Waals surface area contributed by atoms with Crippen LogP contribution in [0.5, 0.6) is 5.75 Å². The number of benzene rings is 3. The zero-order valence-corrected chi connectivity index (χ0v) is 18.1. The van der Waals surface area contributed by atoms with Gasteiger partial charge in [-0.2, -0.15) is 0 Å². The SMILES string of the molecule is Oc1ccccc1N1CCN(CCCCCn2c3ccccc3c3ccccc32)CC1. The Bertz CT molecular complexity index is 1100. The molecule has 160 valence electrons. The van der Waals surface area contributed by atoms with Crippen molar-refractivity contribution in [2.45, 2.75) is 25.8 Å². The topological polar surface area (TPSA) is 31.6 Å². The number of phenolic OH excluding ortho intramolecular Hbond substituents is 1. The second kappa shape index (κ2) is 9.03. The molecule has 3 aromatic carbocycles. The van der Waals surface area contributed by atoms with E-state index in [0.29, 0.717) is 5.75 Å². The van der Waals surface area contributed by atoms with Crippen LogP contribution in [0.3, 0.4) is 0 Å². The maximum atomic E-state index is 10.1. The van der Waals surface area contributed by atoms with Crippen LogP contribution in [0.1, 0.15) is 19.3 Å². The van der Waals surface area contributed by atoms with Crippen LogP contribution in [0.2, 0.25) is 0 Å². The number of aromatic hydroxyl groups is 1. The van der Waals surface area contributed by atoms with Crippen molar-refractivity contribution in [3.8, 4) is 5.75 Å². The fraction of sp³-hybridized carbons (Fsp3) is 0.333. The molecule has 1 N–H and O–H groups in total. The van der Waals surface area contributed by atoms with Crippen molar-refractivity contribution in [3.05, 3.63) is 72.8 Å². The Morgan fingerprint density at radius 2 is 1.19 bits per heavy atom. The number of fused-ring (bicyclic) bond motifs is 3. The normalized spacial score (nSPS) is 15.2. The van der Waals surface area contributed by atoms with Gasteiger partial charge in [0.1, 0.15) is 5.75 Å². The molecule has 2 heterocycles. The van der Waals surface area contributed by atoms with E-state index in [4.69, 9.17) is 0 Å². The van der Waals surface area contributed by atoms with Gasteiger partial charge < -0.3 is 14.6 Å². The summed E-state index contributed by atoms with van der Waals surface area (Å²) < 4.78 is 2.50. The number of unbranched alkanes of at least 4 members (excludes halogenated alkanes) is 2. The number of rotatable bonds is 7. The minimum Gasteiger partial charge on any atom is -0.506 e. The number of aromatic nitrogens is 1. The lowest BCUT2D eigenvalue weighted by molar-refractivity contribution is 0.251. The molecule has 4 nitrogen and oxygen atoms in total. The van der Waals surface area contributed by atoms with Crippen LogP contribution < -0.4 is 4.90 Å². The van der Waals surface area contributed by atoms with Gasteiger partial charge in [0.25, 0.3) is 0 Å². The van der Waals surface area contributed by atoms with Crippen molar-refractivity contribution >= 4 is 27.5 Å². The summed E-state index contributed by atoms with van der Waals surface area (Å²) in [7, 11) is 0. The zero-order valence-electron chi connectivity index (χ0n) is 18.1. The molecular formula is C27H31N3O. The second-order valence-electron chi connectivity index (χ2n) is 8.56. The summed E-state index contributed by atoms with van der Waals surface area (Å²) in [5, 5.41) is 12.8. The summed E-state index contributed by atoms with van der Waals surface area (Å²) in [6.07, 6.45) is 3.70. The molecule has 0 aliphatic carbocycles. The van der Waals surface area contributed by atoms with Crippen LogP contribution in [-0.4, -0.2) is 47.3 Å². The molecule has 1 saturated heterocycles. The summed E-state index contributed by atoms with van der Waals surface area (Å²) >= 11 is 0. The molecule has 0 bridgehead atoms. The third-order valence-electron chi connectivity index (χ3n) is 6.63. The largest absolute Gasteiger partial charge is 0.506 e. The fourth-order valence-electron chi connectivity index (χ4n) is 4.97. The smallest absolute Gasteiger partial charge is 0.138 e. The molecule has 1 aliphatic rings. The van der Waals surface area contributed by atoms with Gasteiger partial charge >= 0.3 is 0 Å². The zero-order chi connectivity index (χ0) is 21.0. The van der Waals surface area contributed by atoms with Crippen LogP contribution in [0, 0.1) is 0 Å². The number of para-hydroxylation sites is 4. The highest BCUT2D eigenvalue weighted by Crippen LogP contribution is 2.29. The average Bonchev–Trinajstić information content (AvgIpc) is 3.14. The Balaban J connectivity index is 1.11. The Hall–Kier alpha value is -2.98. The van der Waals surface area contributed by atoms with E-state index >= 15 is 0 Å². The van der Waals surface area contributed by atoms with Crippen molar-refractivity contribution in [3.63, 3.8) is 0 Å². The minimum atomic E-state index is 0.390. The number of nitrogens with zero attached hydrogens (tertiary/aromatic N) is 3. The van der Waals surface area contributed by atoms with Crippen molar-refractivity contribution in [1.29, 1.82) is 0 Å². The Kier molecular flexibility index (Phi) is 5.81. The molecule has 0 unspecified atom stereocenters. The van der Waals surface area contributed by atoms with Crippen molar-refractivity contribution in [2.75, 3.05) is 37.6 Å². The maximum Gasteiger partial charge on any atom is 0.138 e. The summed E-state index contributed by atoms with van der Waals surface area (Å²) in [5.41, 5.74) is 3.67. The molecule has 0 spiro atoms. The number of phenols is 1. The number of anilines is 1. The Labute approximate surface area is 184 Å². The van der Waals surface area contributed by atoms with E-state index < -0.39 is 0 Å². The summed E-state index contributed by atoms with van der Waals surface area (Å²) in [6.45, 7) is 6.36. The summed E-state index contributed by atoms with van der Waals surface area (Å²) in [5.74, 6) is 0.390. The van der Waals surface area contributed by atoms with Crippen molar-refractivity contribution in [1.82, 2.24) is 9.47 Å². The van der Waals surface area contributed by atoms with Gasteiger partial charge in [-0.25, -0.2) is 0 Å². The summed E-state index contributed by atoms with van der Waals surface area (Å²) in [4.78, 5) is 4.87. The first-order chi connectivity index (χ1) is 15.3. The highest BCUT2D eigenvalue weighted by atomic mass is 16.3. The third-order valence-corrected chi connectivity index (χ3v) is 6.63. The van der Waals surface area contributed by atoms with Gasteiger partial charge in [0.2, 0.25) is 0 Å². The number of aryl methyl sites for hydroxylation is 1. The highest BCUT2D eigenvalue weighted by molar-refractivity contribution is 6.07. The average molecular weight is 414 g/mol. The second-order valence-corrected chi connectivity index (χ2v) is 8.56. The predicted octanol–water partition coefficient (Wildman–Crippen LogP) is 5.49. The predicted molar refractivity (Wildman–Crippen MR) is 130 cm³/mol. The van der Waals surface area contributed by atoms with Gasteiger partial charge in [-0.1, -0.05) is 55.0 Å². The van der Waals surface area contributed by atoms with Crippen LogP contribution in [0.25, 0.3) is 21.8 Å². The van der Waals surface area contributed by atoms with Crippen molar-refractivity contribution in [2.24, 2.45) is 0 Å². The molecule has 4 heteroatoms. The van der Waals surface area contributed by atoms with Gasteiger partial charge in [-0.3, -0.25) is 4.90 Å². The van der Waals surface area contributed by atoms with E-state index in [1.807, 2.05) is 18.2 Å². The van der Waals surface area contributed by atoms with E-state index in [0.717, 1.165) is 38.4 Å². The van der Waals surface area contributed by atoms with Gasteiger partial charge in [0.15, 0.2) is 0 Å². The first kappa shape index (κ1) is 20.0. The lowest BCUT2D eigenvalue weighted by atomic mass is 10.2. The third kappa shape index (κ3) is 4.13. The van der Waals surface area contributed by atoms with Gasteiger partial charge in [0.05, 0.1) is 5.69 Å². The summed E-state index contributed by atoms with van der Waals surface area (Å²) in [6, 6.07) is 25.2. The van der Waals surface area contributed by atoms with E-state index in [1.54, 1.807) is 6.07 Å². The first-order valence-electron chi connectivity index (χ1n) is 11.5. The molecule has 0 saturated carbocycles. The van der Waals surface area contributed by atoms with Gasteiger partial charge in [-0.05, 0) is 43.7 Å². The molecule has 31 heavy (non-hydrogen) atoms. The van der Waals surface area contributed by atoms with E-state index in [1.165, 1.54) is 47.6 Å². The molecule has 0 amide bonds. The molecular weight excluding hydrogens is 382 g/mol. The number of piperazine rings is 1. The van der Waals surface area contributed by atoms with Crippen LogP contribution in [0.4, 0.5) is 5.69 Å². The maximum absolute atomic E-state index is 10.1. The number of hydrogen-bond acceptors (Lipinski definition) is 3. The molecule has 1 fully saturated rings. The first-order valence-corrected chi connectivity index (χ1v) is 11.5. The van der Waals surface area contributed by atoms with E-state index in [9.17, 15) is 5.11 Å². The molecule has 0 atom stereocenters. The van der Waals surface area contributed by atoms with E-state index in [2.05, 4.69) is 62.9 Å². The molecule has 4 aromatic rings. The van der Waals surface area contributed by atoms with Gasteiger partial charge in [0, 0.05) is 54.5 Å². The van der Waals surface area contributed by atoms with Gasteiger partial charge in [-0.15, -0.1) is 0 Å². The fourth-order valence-corrected chi connectivity index (χ4v) is 4.97. The standard InChI is InChI=1S/C27H31N3O/c31-27-15-7-6-14-26(27)29-20-18-28(19-21-29)16-8-1-9-17-30-24-12-4-2-10-22(24)23-11-3-5-13-25(23)30/h2-7,10-15,31H,1,8-9,16-21H2. The van der Waals surface area contributed by atoms with Crippen LogP contribution in [0.15, 0.2) is 72.8 Å². The Morgan fingerprint density at radius 3 is 1.87 bits per heavy atom. The quantitative estimate of drug-likeness (QED) is 0.406.